The minimum Gasteiger partial charge on any atom is -0.496 e. The molecular formula is C12H10N4O3. The van der Waals surface area contributed by atoms with Crippen LogP contribution in [-0.2, 0) is 0 Å². The van der Waals surface area contributed by atoms with E-state index in [1.807, 2.05) is 0 Å². The van der Waals surface area contributed by atoms with Crippen LogP contribution >= 0.6 is 0 Å². The van der Waals surface area contributed by atoms with E-state index in [0.29, 0.717) is 11.6 Å². The summed E-state index contributed by atoms with van der Waals surface area (Å²) in [4.78, 5) is 14.3. The number of azo groups is 1. The Kier molecular flexibility index (Phi) is 3.77. The fourth-order valence-corrected chi connectivity index (χ4v) is 1.38. The molecule has 19 heavy (non-hydrogen) atoms. The molecule has 0 N–H and O–H groups in total. The number of ether oxygens (including phenoxy) is 1. The van der Waals surface area contributed by atoms with Crippen LogP contribution in [0.3, 0.4) is 0 Å². The molecule has 0 fully saturated rings. The number of hydrogen-bond donors (Lipinski definition) is 0. The molecular weight excluding hydrogens is 248 g/mol. The van der Waals surface area contributed by atoms with Crippen molar-refractivity contribution in [1.29, 1.82) is 0 Å². The van der Waals surface area contributed by atoms with Gasteiger partial charge < -0.3 is 4.74 Å². The molecule has 0 bridgehead atoms. The van der Waals surface area contributed by atoms with E-state index in [9.17, 15) is 10.1 Å². The number of aromatic nitrogens is 1. The van der Waals surface area contributed by atoms with E-state index in [1.165, 1.54) is 19.2 Å². The molecule has 7 heteroatoms. The van der Waals surface area contributed by atoms with Crippen molar-refractivity contribution in [2.75, 3.05) is 7.11 Å². The zero-order valence-corrected chi connectivity index (χ0v) is 10.1. The molecule has 0 amide bonds. The van der Waals surface area contributed by atoms with Crippen molar-refractivity contribution in [3.8, 4) is 5.75 Å². The lowest BCUT2D eigenvalue weighted by Gasteiger charge is -2.00. The smallest absolute Gasteiger partial charge is 0.300 e. The van der Waals surface area contributed by atoms with E-state index < -0.39 is 4.92 Å². The van der Waals surface area contributed by atoms with Crippen LogP contribution in [0, 0.1) is 10.1 Å². The van der Waals surface area contributed by atoms with Gasteiger partial charge in [0.1, 0.15) is 5.75 Å². The third-order valence-corrected chi connectivity index (χ3v) is 2.29. The van der Waals surface area contributed by atoms with Gasteiger partial charge in [0.25, 0.3) is 5.69 Å². The molecule has 0 spiro atoms. The van der Waals surface area contributed by atoms with Crippen molar-refractivity contribution >= 4 is 17.2 Å². The van der Waals surface area contributed by atoms with Gasteiger partial charge in [-0.1, -0.05) is 6.07 Å². The van der Waals surface area contributed by atoms with Crippen molar-refractivity contribution in [3.63, 3.8) is 0 Å². The molecule has 0 atom stereocenters. The molecule has 1 aromatic heterocycles. The monoisotopic (exact) mass is 258 g/mol. The maximum atomic E-state index is 10.9. The third-order valence-electron chi connectivity index (χ3n) is 2.29. The van der Waals surface area contributed by atoms with E-state index in [0.717, 1.165) is 0 Å². The molecule has 2 rings (SSSR count). The Morgan fingerprint density at radius 3 is 2.74 bits per heavy atom. The highest BCUT2D eigenvalue weighted by Crippen LogP contribution is 2.32. The van der Waals surface area contributed by atoms with Crippen LogP contribution < -0.4 is 4.74 Å². The van der Waals surface area contributed by atoms with Gasteiger partial charge >= 0.3 is 0 Å². The maximum Gasteiger partial charge on any atom is 0.300 e. The number of rotatable bonds is 4. The number of nitrogens with zero attached hydrogens (tertiary/aromatic N) is 4. The molecule has 0 saturated carbocycles. The Bertz CT molecular complexity index is 614. The number of nitro benzene ring substituents is 1. The summed E-state index contributed by atoms with van der Waals surface area (Å²) in [6, 6.07) is 9.51. The van der Waals surface area contributed by atoms with Crippen LogP contribution in [-0.4, -0.2) is 17.0 Å². The van der Waals surface area contributed by atoms with Crippen LogP contribution in [0.15, 0.2) is 52.8 Å². The molecule has 0 radical (unpaired) electrons. The minimum absolute atomic E-state index is 0.149. The van der Waals surface area contributed by atoms with Crippen LogP contribution in [0.4, 0.5) is 17.2 Å². The summed E-state index contributed by atoms with van der Waals surface area (Å²) in [6.45, 7) is 0. The predicted octanol–water partition coefficient (Wildman–Crippen LogP) is 3.41. The van der Waals surface area contributed by atoms with Crippen molar-refractivity contribution in [3.05, 3.63) is 52.7 Å². The summed E-state index contributed by atoms with van der Waals surface area (Å²) < 4.78 is 4.93. The van der Waals surface area contributed by atoms with Gasteiger partial charge in [-0.05, 0) is 24.3 Å². The number of pyridine rings is 1. The third kappa shape index (κ3) is 3.09. The highest BCUT2D eigenvalue weighted by atomic mass is 16.6. The van der Waals surface area contributed by atoms with Crippen LogP contribution in [0.5, 0.6) is 5.75 Å². The normalized spacial score (nSPS) is 10.6. The van der Waals surface area contributed by atoms with Gasteiger partial charge in [-0.3, -0.25) is 10.1 Å². The summed E-state index contributed by atoms with van der Waals surface area (Å²) in [6.07, 6.45) is 1.57. The van der Waals surface area contributed by atoms with Gasteiger partial charge in [0.2, 0.25) is 0 Å². The molecule has 1 heterocycles. The number of methoxy groups -OCH3 is 1. The predicted molar refractivity (Wildman–Crippen MR) is 68.1 cm³/mol. The first-order chi connectivity index (χ1) is 9.20. The average Bonchev–Trinajstić information content (AvgIpc) is 2.46. The van der Waals surface area contributed by atoms with Crippen molar-refractivity contribution in [1.82, 2.24) is 4.98 Å². The fourth-order valence-electron chi connectivity index (χ4n) is 1.38. The lowest BCUT2D eigenvalue weighted by Crippen LogP contribution is -1.90. The SMILES string of the molecule is COc1ccc(N=Nc2ccccn2)c([N+](=O)[O-])c1. The first-order valence-electron chi connectivity index (χ1n) is 5.36. The molecule has 7 nitrogen and oxygen atoms in total. The Morgan fingerprint density at radius 2 is 2.11 bits per heavy atom. The quantitative estimate of drug-likeness (QED) is 0.477. The minimum atomic E-state index is -0.532. The van der Waals surface area contributed by atoms with Gasteiger partial charge in [0.15, 0.2) is 11.5 Å². The largest absolute Gasteiger partial charge is 0.496 e. The maximum absolute atomic E-state index is 10.9. The Labute approximate surface area is 108 Å². The van der Waals surface area contributed by atoms with Crippen molar-refractivity contribution in [2.24, 2.45) is 10.2 Å². The van der Waals surface area contributed by atoms with Gasteiger partial charge in [-0.25, -0.2) is 4.98 Å². The summed E-state index contributed by atoms with van der Waals surface area (Å²) in [5.74, 6) is 0.774. The average molecular weight is 258 g/mol. The highest BCUT2D eigenvalue weighted by Gasteiger charge is 2.14. The van der Waals surface area contributed by atoms with Gasteiger partial charge in [-0.2, -0.15) is 0 Å². The second-order valence-electron chi connectivity index (χ2n) is 3.50. The van der Waals surface area contributed by atoms with Crippen LogP contribution in [0.2, 0.25) is 0 Å². The summed E-state index contributed by atoms with van der Waals surface area (Å²) in [7, 11) is 1.44. The van der Waals surface area contributed by atoms with E-state index >= 15 is 0 Å². The molecule has 0 unspecified atom stereocenters. The van der Waals surface area contributed by atoms with E-state index in [4.69, 9.17) is 4.74 Å². The van der Waals surface area contributed by atoms with E-state index in [-0.39, 0.29) is 11.4 Å². The second kappa shape index (κ2) is 5.67. The van der Waals surface area contributed by atoms with E-state index in [1.54, 1.807) is 30.5 Å². The number of nitro groups is 1. The first kappa shape index (κ1) is 12.6. The van der Waals surface area contributed by atoms with Crippen molar-refractivity contribution in [2.45, 2.75) is 0 Å². The van der Waals surface area contributed by atoms with Crippen LogP contribution in [0.1, 0.15) is 0 Å². The number of hydrogen-bond acceptors (Lipinski definition) is 6. The zero-order chi connectivity index (χ0) is 13.7. The molecule has 1 aromatic carbocycles. The Morgan fingerprint density at radius 1 is 1.26 bits per heavy atom. The molecule has 0 aliphatic heterocycles. The molecule has 96 valence electrons. The van der Waals surface area contributed by atoms with Crippen LogP contribution in [0.25, 0.3) is 0 Å². The molecule has 2 aromatic rings. The van der Waals surface area contributed by atoms with Gasteiger partial charge in [0.05, 0.1) is 18.1 Å². The summed E-state index contributed by atoms with van der Waals surface area (Å²) in [5, 5.41) is 18.6. The Hall–Kier alpha value is -2.83. The van der Waals surface area contributed by atoms with E-state index in [2.05, 4.69) is 15.2 Å². The summed E-state index contributed by atoms with van der Waals surface area (Å²) >= 11 is 0. The Balaban J connectivity index is 2.34. The van der Waals surface area contributed by atoms with Crippen molar-refractivity contribution < 1.29 is 9.66 Å². The standard InChI is InChI=1S/C12H10N4O3/c1-19-9-5-6-10(11(8-9)16(17)18)14-15-12-4-2-3-7-13-12/h2-8H,1H3. The molecule has 0 aliphatic rings. The zero-order valence-electron chi connectivity index (χ0n) is 10.1. The lowest BCUT2D eigenvalue weighted by atomic mass is 10.2. The van der Waals surface area contributed by atoms with Gasteiger partial charge in [-0.15, -0.1) is 10.2 Å². The summed E-state index contributed by atoms with van der Waals surface area (Å²) in [5.41, 5.74) is -0.0181. The number of benzene rings is 1. The highest BCUT2D eigenvalue weighted by molar-refractivity contribution is 5.59. The van der Waals surface area contributed by atoms with Gasteiger partial charge in [0, 0.05) is 6.20 Å². The first-order valence-corrected chi connectivity index (χ1v) is 5.36. The second-order valence-corrected chi connectivity index (χ2v) is 3.50. The molecule has 0 saturated heterocycles. The lowest BCUT2D eigenvalue weighted by molar-refractivity contribution is -0.384. The molecule has 0 aliphatic carbocycles. The topological polar surface area (TPSA) is 90.0 Å². The fraction of sp³-hybridized carbons (Fsp3) is 0.0833.